The number of hydrogen-bond donors (Lipinski definition) is 2. The molecule has 0 aliphatic rings. The van der Waals surface area contributed by atoms with E-state index in [1.807, 2.05) is 0 Å². The summed E-state index contributed by atoms with van der Waals surface area (Å²) in [5, 5.41) is 11.8. The summed E-state index contributed by atoms with van der Waals surface area (Å²) < 4.78 is 44.4. The summed E-state index contributed by atoms with van der Waals surface area (Å²) in [7, 11) is 4.41. The second-order valence-electron chi connectivity index (χ2n) is 8.06. The minimum atomic E-state index is -4.51. The average Bonchev–Trinajstić information content (AvgIpc) is 2.83. The molecule has 0 unspecified atom stereocenters. The van der Waals surface area contributed by atoms with Gasteiger partial charge in [0.15, 0.2) is 0 Å². The zero-order chi connectivity index (χ0) is 26.6. The van der Waals surface area contributed by atoms with Gasteiger partial charge < -0.3 is 20.1 Å². The molecule has 2 N–H and O–H groups in total. The van der Waals surface area contributed by atoms with Crippen molar-refractivity contribution in [1.29, 1.82) is 0 Å². The van der Waals surface area contributed by atoms with Crippen LogP contribution in [0.3, 0.4) is 0 Å². The Labute approximate surface area is 205 Å². The molecule has 2 amide bonds. The molecule has 36 heavy (non-hydrogen) atoms. The van der Waals surface area contributed by atoms with Gasteiger partial charge in [0.2, 0.25) is 0 Å². The van der Waals surface area contributed by atoms with Crippen molar-refractivity contribution in [3.63, 3.8) is 0 Å². The number of carbonyl (C=O) groups is 3. The maximum Gasteiger partial charge on any atom is 0.416 e. The standard InChI is InChI=1S/C26H23F3N2O5/c1-31(2)25(35)19-13-15(14-22(32)33)7-12-20(19)30-24(34)18-5-4-6-21(36-3)23(18)16-8-10-17(11-9-16)26(27,28)29/h4-13H,14H2,1-3H3,(H,30,34)(H,32,33). The lowest BCUT2D eigenvalue weighted by atomic mass is 9.96. The van der Waals surface area contributed by atoms with Gasteiger partial charge in [-0.25, -0.2) is 0 Å². The summed E-state index contributed by atoms with van der Waals surface area (Å²) in [4.78, 5) is 38.5. The highest BCUT2D eigenvalue weighted by Crippen LogP contribution is 2.36. The number of carboxylic acids is 1. The number of benzene rings is 3. The fraction of sp³-hybridized carbons (Fsp3) is 0.192. The summed E-state index contributed by atoms with van der Waals surface area (Å²) in [6, 6.07) is 13.3. The van der Waals surface area contributed by atoms with Crippen molar-refractivity contribution in [2.24, 2.45) is 0 Å². The van der Waals surface area contributed by atoms with Crippen LogP contribution >= 0.6 is 0 Å². The number of alkyl halides is 3. The van der Waals surface area contributed by atoms with Crippen molar-refractivity contribution < 1.29 is 37.4 Å². The topological polar surface area (TPSA) is 95.9 Å². The van der Waals surface area contributed by atoms with E-state index < -0.39 is 29.5 Å². The van der Waals surface area contributed by atoms with Gasteiger partial charge in [-0.15, -0.1) is 0 Å². The Morgan fingerprint density at radius 3 is 2.19 bits per heavy atom. The van der Waals surface area contributed by atoms with Gasteiger partial charge in [-0.2, -0.15) is 13.2 Å². The van der Waals surface area contributed by atoms with Crippen molar-refractivity contribution in [3.8, 4) is 16.9 Å². The van der Waals surface area contributed by atoms with Crippen LogP contribution in [0.2, 0.25) is 0 Å². The first-order chi connectivity index (χ1) is 16.9. The lowest BCUT2D eigenvalue weighted by molar-refractivity contribution is -0.138. The van der Waals surface area contributed by atoms with E-state index in [2.05, 4.69) is 5.32 Å². The van der Waals surface area contributed by atoms with Gasteiger partial charge in [-0.3, -0.25) is 14.4 Å². The number of anilines is 1. The first kappa shape index (κ1) is 26.3. The monoisotopic (exact) mass is 500 g/mol. The Hall–Kier alpha value is -4.34. The second-order valence-corrected chi connectivity index (χ2v) is 8.06. The molecule has 3 aromatic rings. The molecule has 0 aliphatic carbocycles. The molecule has 0 saturated carbocycles. The van der Waals surface area contributed by atoms with E-state index in [-0.39, 0.29) is 34.5 Å². The molecule has 188 valence electrons. The Balaban J connectivity index is 2.05. The van der Waals surface area contributed by atoms with Crippen molar-refractivity contribution in [2.45, 2.75) is 12.6 Å². The lowest BCUT2D eigenvalue weighted by Crippen LogP contribution is -2.24. The van der Waals surface area contributed by atoms with Gasteiger partial charge in [0.25, 0.3) is 11.8 Å². The Morgan fingerprint density at radius 2 is 1.64 bits per heavy atom. The van der Waals surface area contributed by atoms with Crippen molar-refractivity contribution in [3.05, 3.63) is 82.9 Å². The summed E-state index contributed by atoms with van der Waals surface area (Å²) >= 11 is 0. The van der Waals surface area contributed by atoms with E-state index in [0.29, 0.717) is 11.1 Å². The van der Waals surface area contributed by atoms with Crippen molar-refractivity contribution in [1.82, 2.24) is 4.90 Å². The quantitative estimate of drug-likeness (QED) is 0.478. The maximum absolute atomic E-state index is 13.3. The normalized spacial score (nSPS) is 11.1. The predicted octanol–water partition coefficient (Wildman–Crippen LogP) is 4.96. The van der Waals surface area contributed by atoms with Crippen molar-refractivity contribution >= 4 is 23.5 Å². The fourth-order valence-electron chi connectivity index (χ4n) is 3.61. The molecular weight excluding hydrogens is 477 g/mol. The van der Waals surface area contributed by atoms with Crippen LogP contribution in [0.5, 0.6) is 5.75 Å². The molecule has 0 aromatic heterocycles. The van der Waals surface area contributed by atoms with E-state index in [1.165, 1.54) is 62.5 Å². The highest BCUT2D eigenvalue weighted by molar-refractivity contribution is 6.12. The molecule has 0 atom stereocenters. The summed E-state index contributed by atoms with van der Waals surface area (Å²) in [6.07, 6.45) is -4.82. The number of carbonyl (C=O) groups excluding carboxylic acids is 2. The average molecular weight is 500 g/mol. The van der Waals surface area contributed by atoms with E-state index in [0.717, 1.165) is 12.1 Å². The fourth-order valence-corrected chi connectivity index (χ4v) is 3.61. The van der Waals surface area contributed by atoms with Crippen LogP contribution in [0, 0.1) is 0 Å². The molecule has 0 aliphatic heterocycles. The van der Waals surface area contributed by atoms with Crippen LogP contribution in [0.25, 0.3) is 11.1 Å². The van der Waals surface area contributed by atoms with Crippen LogP contribution < -0.4 is 10.1 Å². The van der Waals surface area contributed by atoms with Gasteiger partial charge in [0, 0.05) is 19.7 Å². The number of carboxylic acid groups (broad SMARTS) is 1. The van der Waals surface area contributed by atoms with Crippen LogP contribution in [-0.2, 0) is 17.4 Å². The highest BCUT2D eigenvalue weighted by Gasteiger charge is 2.30. The first-order valence-corrected chi connectivity index (χ1v) is 10.6. The molecule has 10 heteroatoms. The Morgan fingerprint density at radius 1 is 0.972 bits per heavy atom. The number of nitrogens with zero attached hydrogens (tertiary/aromatic N) is 1. The number of hydrogen-bond acceptors (Lipinski definition) is 4. The largest absolute Gasteiger partial charge is 0.496 e. The van der Waals surface area contributed by atoms with Crippen LogP contribution in [-0.4, -0.2) is 49.0 Å². The molecule has 3 rings (SSSR count). The van der Waals surface area contributed by atoms with Gasteiger partial charge in [0.05, 0.1) is 35.9 Å². The lowest BCUT2D eigenvalue weighted by Gasteiger charge is -2.18. The second kappa shape index (κ2) is 10.5. The zero-order valence-electron chi connectivity index (χ0n) is 19.6. The van der Waals surface area contributed by atoms with Crippen LogP contribution in [0.15, 0.2) is 60.7 Å². The first-order valence-electron chi connectivity index (χ1n) is 10.6. The van der Waals surface area contributed by atoms with Gasteiger partial charge >= 0.3 is 12.1 Å². The van der Waals surface area contributed by atoms with Gasteiger partial charge in [-0.05, 0) is 47.5 Å². The molecule has 0 radical (unpaired) electrons. The van der Waals surface area contributed by atoms with Crippen molar-refractivity contribution in [2.75, 3.05) is 26.5 Å². The number of rotatable bonds is 7. The molecule has 0 spiro atoms. The molecule has 7 nitrogen and oxygen atoms in total. The smallest absolute Gasteiger partial charge is 0.416 e. The van der Waals surface area contributed by atoms with Gasteiger partial charge in [-0.1, -0.05) is 24.3 Å². The number of aliphatic carboxylic acids is 1. The van der Waals surface area contributed by atoms with E-state index in [1.54, 1.807) is 12.1 Å². The minimum absolute atomic E-state index is 0.0890. The maximum atomic E-state index is 13.3. The molecule has 0 fully saturated rings. The number of amides is 2. The summed E-state index contributed by atoms with van der Waals surface area (Å²) in [6.45, 7) is 0. The Bertz CT molecular complexity index is 1300. The SMILES string of the molecule is COc1cccc(C(=O)Nc2ccc(CC(=O)O)cc2C(=O)N(C)C)c1-c1ccc(C(F)(F)F)cc1. The third-order valence-electron chi connectivity index (χ3n) is 5.32. The van der Waals surface area contributed by atoms with Gasteiger partial charge in [0.1, 0.15) is 5.75 Å². The van der Waals surface area contributed by atoms with E-state index >= 15 is 0 Å². The molecule has 3 aromatic carbocycles. The minimum Gasteiger partial charge on any atom is -0.496 e. The molecule has 0 bridgehead atoms. The third kappa shape index (κ3) is 5.83. The zero-order valence-corrected chi connectivity index (χ0v) is 19.6. The molecule has 0 saturated heterocycles. The number of nitrogens with one attached hydrogen (secondary N) is 1. The number of ether oxygens (including phenoxy) is 1. The van der Waals surface area contributed by atoms with E-state index in [9.17, 15) is 27.6 Å². The van der Waals surface area contributed by atoms with Crippen LogP contribution in [0.4, 0.5) is 18.9 Å². The molecule has 0 heterocycles. The van der Waals surface area contributed by atoms with E-state index in [4.69, 9.17) is 9.84 Å². The number of methoxy groups -OCH3 is 1. The predicted molar refractivity (Wildman–Crippen MR) is 127 cm³/mol. The van der Waals surface area contributed by atoms with Crippen LogP contribution in [0.1, 0.15) is 31.8 Å². The number of halogens is 3. The summed E-state index contributed by atoms with van der Waals surface area (Å²) in [5.74, 6) is -1.90. The highest BCUT2D eigenvalue weighted by atomic mass is 19.4. The Kier molecular flexibility index (Phi) is 7.67. The third-order valence-corrected chi connectivity index (χ3v) is 5.32. The summed E-state index contributed by atoms with van der Waals surface area (Å²) in [5.41, 5.74) is 0.478. The molecular formula is C26H23F3N2O5.